The molecule has 2 heterocycles. The second kappa shape index (κ2) is 5.53. The Hall–Kier alpha value is -1.80. The van der Waals surface area contributed by atoms with Crippen LogP contribution in [0, 0.1) is 11.6 Å². The van der Waals surface area contributed by atoms with Crippen LogP contribution in [0.1, 0.15) is 5.56 Å². The van der Waals surface area contributed by atoms with E-state index in [0.29, 0.717) is 6.32 Å². The van der Waals surface area contributed by atoms with Crippen LogP contribution in [0.4, 0.5) is 8.78 Å². The van der Waals surface area contributed by atoms with Crippen LogP contribution in [0.5, 0.6) is 0 Å². The molecule has 21 heavy (non-hydrogen) atoms. The summed E-state index contributed by atoms with van der Waals surface area (Å²) in [5.41, 5.74) is -0.776. The van der Waals surface area contributed by atoms with E-state index >= 15 is 0 Å². The standard InChI is InChI=1S/C13H14BF2N3O2/c14-4-12-20-6-13(21-12,5-19-8-17-7-18-19)10-2-1-9(15)3-11(10)16/h1-3,7-8,12H,4-6,14H2/t12-,13+/m0/s1. The SMILES string of the molecule is BC[C@H]1OC[C@](Cn2cncn2)(c2ccc(F)cc2F)O1. The lowest BCUT2D eigenvalue weighted by molar-refractivity contribution is -0.0872. The average molecular weight is 293 g/mol. The predicted octanol–water partition coefficient (Wildman–Crippen LogP) is 0.876. The van der Waals surface area contributed by atoms with Crippen LogP contribution < -0.4 is 0 Å². The molecule has 1 fully saturated rings. The third-order valence-electron chi connectivity index (χ3n) is 3.50. The zero-order chi connectivity index (χ0) is 14.9. The highest BCUT2D eigenvalue weighted by atomic mass is 19.1. The summed E-state index contributed by atoms with van der Waals surface area (Å²) < 4.78 is 40.3. The summed E-state index contributed by atoms with van der Waals surface area (Å²) in [5, 5.41) is 4.02. The molecule has 1 aliphatic heterocycles. The Labute approximate surface area is 121 Å². The Bertz CT molecular complexity index is 626. The molecular formula is C13H14BF2N3O2. The number of nitrogens with zero attached hydrogens (tertiary/aromatic N) is 3. The Morgan fingerprint density at radius 2 is 2.29 bits per heavy atom. The fourth-order valence-electron chi connectivity index (χ4n) is 2.49. The lowest BCUT2D eigenvalue weighted by Gasteiger charge is -2.28. The van der Waals surface area contributed by atoms with Crippen molar-refractivity contribution in [2.75, 3.05) is 6.61 Å². The summed E-state index contributed by atoms with van der Waals surface area (Å²) in [6, 6.07) is 3.45. The molecule has 8 heteroatoms. The molecule has 0 radical (unpaired) electrons. The van der Waals surface area contributed by atoms with E-state index in [-0.39, 0.29) is 18.7 Å². The summed E-state index contributed by atoms with van der Waals surface area (Å²) in [6.45, 7) is 0.417. The van der Waals surface area contributed by atoms with E-state index in [2.05, 4.69) is 10.1 Å². The van der Waals surface area contributed by atoms with E-state index in [1.165, 1.54) is 24.8 Å². The first-order chi connectivity index (χ1) is 10.1. The molecule has 3 rings (SSSR count). The van der Waals surface area contributed by atoms with Gasteiger partial charge in [0.25, 0.3) is 0 Å². The van der Waals surface area contributed by atoms with Crippen molar-refractivity contribution >= 4 is 7.85 Å². The van der Waals surface area contributed by atoms with Crippen molar-refractivity contribution in [3.05, 3.63) is 48.1 Å². The second-order valence-electron chi connectivity index (χ2n) is 4.98. The molecule has 0 spiro atoms. The molecule has 1 saturated heterocycles. The quantitative estimate of drug-likeness (QED) is 0.785. The number of ether oxygens (including phenoxy) is 2. The molecule has 0 N–H and O–H groups in total. The Morgan fingerprint density at radius 3 is 2.90 bits per heavy atom. The van der Waals surface area contributed by atoms with E-state index in [9.17, 15) is 8.78 Å². The van der Waals surface area contributed by atoms with Crippen LogP contribution in [0.2, 0.25) is 6.32 Å². The van der Waals surface area contributed by atoms with Gasteiger partial charge in [-0.1, -0.05) is 6.07 Å². The van der Waals surface area contributed by atoms with E-state index in [0.717, 1.165) is 6.07 Å². The van der Waals surface area contributed by atoms with Crippen molar-refractivity contribution in [1.29, 1.82) is 0 Å². The number of hydrogen-bond donors (Lipinski definition) is 0. The molecule has 110 valence electrons. The highest BCUT2D eigenvalue weighted by Crippen LogP contribution is 2.37. The van der Waals surface area contributed by atoms with E-state index < -0.39 is 23.5 Å². The zero-order valence-electron chi connectivity index (χ0n) is 11.5. The molecule has 0 amide bonds. The van der Waals surface area contributed by atoms with E-state index in [1.807, 2.05) is 7.85 Å². The summed E-state index contributed by atoms with van der Waals surface area (Å²) in [5.74, 6) is -1.28. The summed E-state index contributed by atoms with van der Waals surface area (Å²) in [7, 11) is 1.91. The van der Waals surface area contributed by atoms with Crippen LogP contribution in [-0.4, -0.2) is 35.5 Å². The minimum atomic E-state index is -1.04. The lowest BCUT2D eigenvalue weighted by atomic mass is 9.93. The average Bonchev–Trinajstić information content (AvgIpc) is 3.09. The van der Waals surface area contributed by atoms with Gasteiger partial charge in [0.15, 0.2) is 6.29 Å². The highest BCUT2D eigenvalue weighted by molar-refractivity contribution is 6.08. The lowest BCUT2D eigenvalue weighted by Crippen LogP contribution is -2.36. The first kappa shape index (κ1) is 14.2. The van der Waals surface area contributed by atoms with Gasteiger partial charge in [-0.25, -0.2) is 18.4 Å². The van der Waals surface area contributed by atoms with Crippen molar-refractivity contribution < 1.29 is 18.3 Å². The van der Waals surface area contributed by atoms with Gasteiger partial charge in [0, 0.05) is 11.6 Å². The number of aromatic nitrogens is 3. The summed E-state index contributed by atoms with van der Waals surface area (Å²) >= 11 is 0. The number of benzene rings is 1. The highest BCUT2D eigenvalue weighted by Gasteiger charge is 2.44. The third-order valence-corrected chi connectivity index (χ3v) is 3.50. The smallest absolute Gasteiger partial charge is 0.152 e. The maximum Gasteiger partial charge on any atom is 0.152 e. The maximum absolute atomic E-state index is 14.2. The molecule has 1 aliphatic rings. The topological polar surface area (TPSA) is 49.2 Å². The van der Waals surface area contributed by atoms with Gasteiger partial charge in [-0.15, -0.1) is 0 Å². The number of halogens is 2. The van der Waals surface area contributed by atoms with Gasteiger partial charge in [0.05, 0.1) is 13.2 Å². The number of hydrogen-bond acceptors (Lipinski definition) is 4. The molecule has 0 aliphatic carbocycles. The molecule has 0 unspecified atom stereocenters. The van der Waals surface area contributed by atoms with Gasteiger partial charge >= 0.3 is 0 Å². The molecular weight excluding hydrogens is 279 g/mol. The van der Waals surface area contributed by atoms with Gasteiger partial charge in [-0.3, -0.25) is 0 Å². The molecule has 5 nitrogen and oxygen atoms in total. The monoisotopic (exact) mass is 293 g/mol. The van der Waals surface area contributed by atoms with Crippen LogP contribution in [-0.2, 0) is 21.6 Å². The summed E-state index contributed by atoms with van der Waals surface area (Å²) in [4.78, 5) is 3.87. The summed E-state index contributed by atoms with van der Waals surface area (Å²) in [6.07, 6.45) is 3.13. The Kier molecular flexibility index (Phi) is 3.73. The van der Waals surface area contributed by atoms with E-state index in [4.69, 9.17) is 9.47 Å². The molecule has 1 aromatic carbocycles. The first-order valence-electron chi connectivity index (χ1n) is 6.70. The Morgan fingerprint density at radius 1 is 1.43 bits per heavy atom. The molecule has 0 saturated carbocycles. The van der Waals surface area contributed by atoms with Crippen molar-refractivity contribution in [3.8, 4) is 0 Å². The van der Waals surface area contributed by atoms with Gasteiger partial charge in [-0.05, 0) is 12.4 Å². The van der Waals surface area contributed by atoms with Crippen molar-refractivity contribution in [3.63, 3.8) is 0 Å². The maximum atomic E-state index is 14.2. The fourth-order valence-corrected chi connectivity index (χ4v) is 2.49. The molecule has 2 atom stereocenters. The van der Waals surface area contributed by atoms with E-state index in [1.54, 1.807) is 4.68 Å². The predicted molar refractivity (Wildman–Crippen MR) is 72.2 cm³/mol. The molecule has 2 aromatic rings. The minimum absolute atomic E-state index is 0.175. The zero-order valence-corrected chi connectivity index (χ0v) is 11.5. The largest absolute Gasteiger partial charge is 0.350 e. The third kappa shape index (κ3) is 2.68. The minimum Gasteiger partial charge on any atom is -0.350 e. The van der Waals surface area contributed by atoms with Crippen LogP contribution in [0.3, 0.4) is 0 Å². The fraction of sp³-hybridized carbons (Fsp3) is 0.385. The Balaban J connectivity index is 1.99. The van der Waals surface area contributed by atoms with Crippen LogP contribution in [0.15, 0.2) is 30.9 Å². The van der Waals surface area contributed by atoms with Crippen molar-refractivity contribution in [2.45, 2.75) is 24.8 Å². The molecule has 1 aromatic heterocycles. The number of rotatable bonds is 4. The first-order valence-corrected chi connectivity index (χ1v) is 6.70. The van der Waals surface area contributed by atoms with Gasteiger partial charge in [-0.2, -0.15) is 5.10 Å². The van der Waals surface area contributed by atoms with Crippen LogP contribution >= 0.6 is 0 Å². The molecule has 0 bridgehead atoms. The normalized spacial score (nSPS) is 25.3. The van der Waals surface area contributed by atoms with Gasteiger partial charge < -0.3 is 9.47 Å². The second-order valence-corrected chi connectivity index (χ2v) is 4.98. The van der Waals surface area contributed by atoms with Gasteiger partial charge in [0.1, 0.15) is 37.7 Å². The van der Waals surface area contributed by atoms with Crippen LogP contribution in [0.25, 0.3) is 0 Å². The van der Waals surface area contributed by atoms with Crippen molar-refractivity contribution in [2.24, 2.45) is 0 Å². The van der Waals surface area contributed by atoms with Crippen molar-refractivity contribution in [1.82, 2.24) is 14.8 Å². The van der Waals surface area contributed by atoms with Gasteiger partial charge in [0.2, 0.25) is 0 Å².